The number of hydrogen-bond acceptors (Lipinski definition) is 4. The quantitative estimate of drug-likeness (QED) is 0.688. The molecule has 1 aliphatic rings. The maximum atomic E-state index is 11.6. The Morgan fingerprint density at radius 3 is 2.86 bits per heavy atom. The summed E-state index contributed by atoms with van der Waals surface area (Å²) in [6.45, 7) is 3.46. The zero-order chi connectivity index (χ0) is 19.7. The van der Waals surface area contributed by atoms with E-state index in [0.29, 0.717) is 13.0 Å². The average molecular weight is 379 g/mol. The molecule has 0 saturated heterocycles. The summed E-state index contributed by atoms with van der Waals surface area (Å²) < 4.78 is 1.85. The molecule has 1 atom stereocenters. The van der Waals surface area contributed by atoms with E-state index >= 15 is 0 Å². The smallest absolute Gasteiger partial charge is 0.356 e. The van der Waals surface area contributed by atoms with Gasteiger partial charge < -0.3 is 5.11 Å². The Morgan fingerprint density at radius 2 is 2.14 bits per heavy atom. The molecule has 2 N–H and O–H groups in total. The van der Waals surface area contributed by atoms with Gasteiger partial charge >= 0.3 is 5.97 Å². The van der Waals surface area contributed by atoms with Crippen LogP contribution in [0.4, 0.5) is 0 Å². The van der Waals surface area contributed by atoms with Crippen LogP contribution in [0, 0.1) is 0 Å². The van der Waals surface area contributed by atoms with Crippen molar-refractivity contribution in [3.05, 3.63) is 59.0 Å². The molecule has 0 saturated carbocycles. The number of aromatic nitrogens is 4. The monoisotopic (exact) mass is 379 g/mol. The molecule has 2 aromatic heterocycles. The van der Waals surface area contributed by atoms with E-state index in [-0.39, 0.29) is 11.7 Å². The second kappa shape index (κ2) is 7.59. The lowest BCUT2D eigenvalue weighted by Crippen LogP contribution is -2.36. The number of aromatic carboxylic acids is 1. The number of carboxylic acid groups (broad SMARTS) is 1. The van der Waals surface area contributed by atoms with Gasteiger partial charge in [0, 0.05) is 36.0 Å². The number of likely N-dealkylation sites (N-methyl/N-ethyl adjacent to an activating group) is 1. The van der Waals surface area contributed by atoms with Gasteiger partial charge in [0.15, 0.2) is 5.69 Å². The van der Waals surface area contributed by atoms with Gasteiger partial charge in [-0.2, -0.15) is 10.2 Å². The van der Waals surface area contributed by atoms with Crippen LogP contribution in [0.3, 0.4) is 0 Å². The van der Waals surface area contributed by atoms with Crippen LogP contribution in [0.25, 0.3) is 11.3 Å². The SMILES string of the molecule is CCn1nc(C(=O)O)c2c1CCC(N(C)Cc1cn[nH]c1-c1ccccc1)C2. The molecule has 7 nitrogen and oxygen atoms in total. The lowest BCUT2D eigenvalue weighted by Gasteiger charge is -2.31. The predicted octanol–water partition coefficient (Wildman–Crippen LogP) is 2.98. The molecule has 1 unspecified atom stereocenters. The zero-order valence-corrected chi connectivity index (χ0v) is 16.2. The topological polar surface area (TPSA) is 87.0 Å². The fourth-order valence-electron chi connectivity index (χ4n) is 4.16. The molecule has 0 radical (unpaired) electrons. The number of nitrogens with zero attached hydrogens (tertiary/aromatic N) is 4. The highest BCUT2D eigenvalue weighted by molar-refractivity contribution is 5.87. The van der Waals surface area contributed by atoms with Crippen LogP contribution in [-0.2, 0) is 25.9 Å². The minimum absolute atomic E-state index is 0.211. The van der Waals surface area contributed by atoms with E-state index in [4.69, 9.17) is 0 Å². The summed E-state index contributed by atoms with van der Waals surface area (Å²) in [4.78, 5) is 13.9. The fraction of sp³-hybridized carbons (Fsp3) is 0.381. The molecule has 0 fully saturated rings. The molecule has 0 bridgehead atoms. The summed E-state index contributed by atoms with van der Waals surface area (Å²) in [6, 6.07) is 10.5. The Morgan fingerprint density at radius 1 is 1.36 bits per heavy atom. The highest BCUT2D eigenvalue weighted by Crippen LogP contribution is 2.29. The minimum Gasteiger partial charge on any atom is -0.476 e. The van der Waals surface area contributed by atoms with Gasteiger partial charge in [0.05, 0.1) is 11.9 Å². The van der Waals surface area contributed by atoms with Crippen LogP contribution in [-0.4, -0.2) is 49.0 Å². The first-order valence-electron chi connectivity index (χ1n) is 9.68. The summed E-state index contributed by atoms with van der Waals surface area (Å²) in [5.41, 5.74) is 5.48. The van der Waals surface area contributed by atoms with Crippen molar-refractivity contribution in [2.45, 2.75) is 45.3 Å². The first kappa shape index (κ1) is 18.4. The minimum atomic E-state index is -0.937. The number of benzene rings is 1. The standard InChI is InChI=1S/C21H25N5O2/c1-3-26-18-10-9-16(11-17(18)20(24-26)21(27)28)25(2)13-15-12-22-23-19(15)14-7-5-4-6-8-14/h4-8,12,16H,3,9-11,13H2,1-2H3,(H,22,23)(H,27,28). The van der Waals surface area contributed by atoms with Crippen molar-refractivity contribution in [2.24, 2.45) is 0 Å². The molecule has 0 spiro atoms. The second-order valence-electron chi connectivity index (χ2n) is 7.34. The lowest BCUT2D eigenvalue weighted by atomic mass is 9.90. The van der Waals surface area contributed by atoms with Gasteiger partial charge in [-0.25, -0.2) is 4.79 Å². The summed E-state index contributed by atoms with van der Waals surface area (Å²) in [7, 11) is 2.10. The third-order valence-electron chi connectivity index (χ3n) is 5.65. The summed E-state index contributed by atoms with van der Waals surface area (Å²) in [6.07, 6.45) is 4.44. The van der Waals surface area contributed by atoms with Crippen molar-refractivity contribution in [3.8, 4) is 11.3 Å². The number of fused-ring (bicyclic) bond motifs is 1. The van der Waals surface area contributed by atoms with E-state index in [1.54, 1.807) is 0 Å². The van der Waals surface area contributed by atoms with Gasteiger partial charge in [0.2, 0.25) is 0 Å². The van der Waals surface area contributed by atoms with E-state index in [1.165, 1.54) is 0 Å². The molecular formula is C21H25N5O2. The molecule has 0 aliphatic heterocycles. The third kappa shape index (κ3) is 3.33. The van der Waals surface area contributed by atoms with E-state index in [9.17, 15) is 9.90 Å². The van der Waals surface area contributed by atoms with Crippen LogP contribution in [0.15, 0.2) is 36.5 Å². The van der Waals surface area contributed by atoms with E-state index < -0.39 is 5.97 Å². The molecule has 1 aromatic carbocycles. The predicted molar refractivity (Wildman–Crippen MR) is 106 cm³/mol. The zero-order valence-electron chi connectivity index (χ0n) is 16.2. The van der Waals surface area contributed by atoms with Gasteiger partial charge in [-0.1, -0.05) is 30.3 Å². The fourth-order valence-corrected chi connectivity index (χ4v) is 4.16. The number of carbonyl (C=O) groups is 1. The van der Waals surface area contributed by atoms with Gasteiger partial charge in [-0.3, -0.25) is 14.7 Å². The Balaban J connectivity index is 1.54. The Bertz CT molecular complexity index is 976. The highest BCUT2D eigenvalue weighted by Gasteiger charge is 2.30. The first-order chi connectivity index (χ1) is 13.6. The Labute approximate surface area is 164 Å². The van der Waals surface area contributed by atoms with Gasteiger partial charge in [0.1, 0.15) is 0 Å². The molecular weight excluding hydrogens is 354 g/mol. The Kier molecular flexibility index (Phi) is 5.00. The summed E-state index contributed by atoms with van der Waals surface area (Å²) >= 11 is 0. The molecule has 28 heavy (non-hydrogen) atoms. The Hall–Kier alpha value is -2.93. The number of carboxylic acids is 1. The molecule has 1 aliphatic carbocycles. The molecule has 3 aromatic rings. The lowest BCUT2D eigenvalue weighted by molar-refractivity contribution is 0.0687. The van der Waals surface area contributed by atoms with Crippen molar-refractivity contribution < 1.29 is 9.90 Å². The van der Waals surface area contributed by atoms with Crippen molar-refractivity contribution >= 4 is 5.97 Å². The van der Waals surface area contributed by atoms with Crippen molar-refractivity contribution in [1.29, 1.82) is 0 Å². The molecule has 4 rings (SSSR count). The van der Waals surface area contributed by atoms with Gasteiger partial charge in [0.25, 0.3) is 0 Å². The molecule has 7 heteroatoms. The largest absolute Gasteiger partial charge is 0.476 e. The second-order valence-corrected chi connectivity index (χ2v) is 7.34. The van der Waals surface area contributed by atoms with E-state index in [2.05, 4.69) is 39.4 Å². The maximum absolute atomic E-state index is 11.6. The van der Waals surface area contributed by atoms with Crippen LogP contribution in [0.5, 0.6) is 0 Å². The normalized spacial score (nSPS) is 16.3. The number of nitrogens with one attached hydrogen (secondary N) is 1. The van der Waals surface area contributed by atoms with Crippen LogP contribution in [0.2, 0.25) is 0 Å². The van der Waals surface area contributed by atoms with Crippen molar-refractivity contribution in [3.63, 3.8) is 0 Å². The van der Waals surface area contributed by atoms with Crippen LogP contribution in [0.1, 0.15) is 40.7 Å². The first-order valence-corrected chi connectivity index (χ1v) is 9.68. The van der Waals surface area contributed by atoms with Gasteiger partial charge in [-0.05, 0) is 38.8 Å². The average Bonchev–Trinajstić information content (AvgIpc) is 3.32. The third-order valence-corrected chi connectivity index (χ3v) is 5.65. The van der Waals surface area contributed by atoms with Crippen molar-refractivity contribution in [2.75, 3.05) is 7.05 Å². The number of aryl methyl sites for hydroxylation is 1. The maximum Gasteiger partial charge on any atom is 0.356 e. The van der Waals surface area contributed by atoms with E-state index in [1.807, 2.05) is 36.0 Å². The summed E-state index contributed by atoms with van der Waals surface area (Å²) in [5, 5.41) is 21.2. The summed E-state index contributed by atoms with van der Waals surface area (Å²) in [5.74, 6) is -0.937. The highest BCUT2D eigenvalue weighted by atomic mass is 16.4. The molecule has 0 amide bonds. The molecule has 146 valence electrons. The van der Waals surface area contributed by atoms with Gasteiger partial charge in [-0.15, -0.1) is 0 Å². The number of H-pyrrole nitrogens is 1. The van der Waals surface area contributed by atoms with Crippen LogP contribution >= 0.6 is 0 Å². The molecule has 2 heterocycles. The number of rotatable bonds is 6. The number of aromatic amines is 1. The van der Waals surface area contributed by atoms with Crippen LogP contribution < -0.4 is 0 Å². The number of hydrogen-bond donors (Lipinski definition) is 2. The van der Waals surface area contributed by atoms with E-state index in [0.717, 1.165) is 47.5 Å². The van der Waals surface area contributed by atoms with Crippen molar-refractivity contribution in [1.82, 2.24) is 24.9 Å².